The lowest BCUT2D eigenvalue weighted by Crippen LogP contribution is -2.49. The maximum Gasteiger partial charge on any atom is 0.416 e. The van der Waals surface area contributed by atoms with Crippen molar-refractivity contribution in [1.82, 2.24) is 16.0 Å². The fraction of sp³-hybridized carbons (Fsp3) is 0.631. The van der Waals surface area contributed by atoms with Gasteiger partial charge in [0.15, 0.2) is 8.32 Å². The minimum absolute atomic E-state index is 0. The first-order chi connectivity index (χ1) is 38.9. The van der Waals surface area contributed by atoms with E-state index >= 15 is 0 Å². The fourth-order valence-electron chi connectivity index (χ4n) is 7.38. The number of benzene rings is 3. The highest BCUT2D eigenvalue weighted by molar-refractivity contribution is 6.74. The van der Waals surface area contributed by atoms with Crippen molar-refractivity contribution in [3.05, 3.63) is 118 Å². The van der Waals surface area contributed by atoms with Crippen LogP contribution in [0.15, 0.2) is 84.9 Å². The highest BCUT2D eigenvalue weighted by atomic mass is 28.4. The molecule has 6 N–H and O–H groups in total. The van der Waals surface area contributed by atoms with Gasteiger partial charge in [0.05, 0.1) is 66.7 Å². The molecule has 0 saturated heterocycles. The Hall–Kier alpha value is -5.89. The van der Waals surface area contributed by atoms with Gasteiger partial charge in [-0.05, 0) is 161 Å². The zero-order valence-electron chi connectivity index (χ0n) is 52.5. The number of carbonyl (C=O) groups is 4. The molecule has 0 spiro atoms. The normalized spacial score (nSPS) is 14.3. The average Bonchev–Trinajstić information content (AvgIpc) is 3.57. The number of hydrogen-bond donors (Lipinski definition) is 6. The predicted molar refractivity (Wildman–Crippen MR) is 339 cm³/mol. The number of rotatable bonds is 18. The quantitative estimate of drug-likeness (QED) is 0.0231. The van der Waals surface area contributed by atoms with Gasteiger partial charge in [0.1, 0.15) is 23.4 Å². The molecule has 0 saturated carbocycles. The number of alkyl carbamates (subject to hydrolysis) is 3. The minimum atomic E-state index is -4.50. The van der Waals surface area contributed by atoms with Gasteiger partial charge in [-0.3, -0.25) is 4.79 Å². The van der Waals surface area contributed by atoms with E-state index in [1.165, 1.54) is 36.4 Å². The highest BCUT2D eigenvalue weighted by Crippen LogP contribution is 2.38. The van der Waals surface area contributed by atoms with Gasteiger partial charge < -0.3 is 54.6 Å². The summed E-state index contributed by atoms with van der Waals surface area (Å²) in [5.41, 5.74) is -4.00. The Kier molecular flexibility index (Phi) is 37.2. The molecule has 3 rings (SSSR count). The van der Waals surface area contributed by atoms with Crippen LogP contribution in [0.25, 0.3) is 0 Å². The first kappa shape index (κ1) is 90.5. The largest absolute Gasteiger partial charge is 0.465 e. The van der Waals surface area contributed by atoms with Gasteiger partial charge in [-0.1, -0.05) is 99.0 Å². The van der Waals surface area contributed by atoms with E-state index < -0.39 is 139 Å². The summed E-state index contributed by atoms with van der Waals surface area (Å²) in [5, 5.41) is 37.2. The number of alkyl halides is 9. The zero-order chi connectivity index (χ0) is 66.8. The van der Waals surface area contributed by atoms with Gasteiger partial charge in [-0.25, -0.2) is 14.4 Å². The average molecular weight is 1320 g/mol. The maximum atomic E-state index is 12.9. The van der Waals surface area contributed by atoms with Crippen molar-refractivity contribution in [2.45, 2.75) is 230 Å². The molecule has 0 heterocycles. The second-order valence-electron chi connectivity index (χ2n) is 25.8. The summed E-state index contributed by atoms with van der Waals surface area (Å²) in [6, 6.07) is 11.1. The zero-order valence-corrected chi connectivity index (χ0v) is 53.5. The van der Waals surface area contributed by atoms with E-state index in [0.29, 0.717) is 16.7 Å². The van der Waals surface area contributed by atoms with Crippen molar-refractivity contribution in [3.8, 4) is 0 Å². The smallest absolute Gasteiger partial charge is 0.416 e. The number of allylic oxidation sites excluding steroid dienone is 1. The number of aliphatic hydroxyl groups is 3. The van der Waals surface area contributed by atoms with Crippen LogP contribution in [0, 0.1) is 5.41 Å². The second kappa shape index (κ2) is 37.0. The third-order valence-corrected chi connectivity index (χ3v) is 17.4. The molecule has 6 atom stereocenters. The Labute approximate surface area is 530 Å². The number of esters is 1. The molecular formula is C65H106F9N3O12Si. The molecule has 0 aromatic heterocycles. The van der Waals surface area contributed by atoms with Crippen LogP contribution < -0.4 is 16.0 Å². The summed E-state index contributed by atoms with van der Waals surface area (Å²) in [6.07, 6.45) is -12.1. The summed E-state index contributed by atoms with van der Waals surface area (Å²) < 4.78 is 143. The molecule has 0 aliphatic rings. The van der Waals surface area contributed by atoms with Crippen LogP contribution in [0.1, 0.15) is 192 Å². The number of halogens is 9. The molecule has 3 aromatic carbocycles. The summed E-state index contributed by atoms with van der Waals surface area (Å²) in [7, 11) is -2.18. The lowest BCUT2D eigenvalue weighted by atomic mass is 9.90. The Balaban J connectivity index is -0.000000606. The molecule has 3 amide bonds. The van der Waals surface area contributed by atoms with Gasteiger partial charge in [0.25, 0.3) is 0 Å². The van der Waals surface area contributed by atoms with E-state index in [0.717, 1.165) is 36.4 Å². The van der Waals surface area contributed by atoms with E-state index in [1.807, 2.05) is 0 Å². The molecule has 0 unspecified atom stereocenters. The topological polar surface area (TPSA) is 211 Å². The van der Waals surface area contributed by atoms with E-state index in [-0.39, 0.29) is 54.6 Å². The van der Waals surface area contributed by atoms with Crippen LogP contribution in [0.2, 0.25) is 18.1 Å². The lowest BCUT2D eigenvalue weighted by molar-refractivity contribution is -0.153. The Morgan fingerprint density at radius 2 is 0.778 bits per heavy atom. The SMILES string of the molecule is C.C.C.C.C/C=C/[C@@H](c1ccc(C(F)(F)F)cc1)[C@@H](CO)NC(=O)OC(C)(C)C.CC(C)(C)OC(=O)N[C@H](CO)[C@@H](COC(=O)C(C)(C)C)c1ccc(C(F)(F)F)cc1.CC(C)(C)OC(=O)N[C@H](CO[Si](C)(C)C(C)(C)C)[C@@H](CO)c1ccc(C(F)(F)F)cc1. The van der Waals surface area contributed by atoms with Crippen molar-refractivity contribution >= 4 is 32.6 Å². The maximum absolute atomic E-state index is 12.9. The molecule has 520 valence electrons. The van der Waals surface area contributed by atoms with Crippen molar-refractivity contribution < 1.29 is 97.4 Å². The van der Waals surface area contributed by atoms with Gasteiger partial charge >= 0.3 is 42.8 Å². The van der Waals surface area contributed by atoms with E-state index in [4.69, 9.17) is 23.4 Å². The Bertz CT molecular complexity index is 2600. The molecule has 15 nitrogen and oxygen atoms in total. The summed E-state index contributed by atoms with van der Waals surface area (Å²) in [6.45, 7) is 30.9. The monoisotopic (exact) mass is 1320 g/mol. The lowest BCUT2D eigenvalue weighted by Gasteiger charge is -2.38. The number of nitrogens with one attached hydrogen (secondary N) is 3. The van der Waals surface area contributed by atoms with Gasteiger partial charge in [-0.2, -0.15) is 39.5 Å². The first-order valence-corrected chi connectivity index (χ1v) is 30.6. The van der Waals surface area contributed by atoms with E-state index in [2.05, 4.69) is 49.8 Å². The summed E-state index contributed by atoms with van der Waals surface area (Å²) in [4.78, 5) is 48.7. The highest BCUT2D eigenvalue weighted by Gasteiger charge is 2.40. The van der Waals surface area contributed by atoms with Gasteiger partial charge in [0.2, 0.25) is 0 Å². The molecule has 0 aliphatic carbocycles. The first-order valence-electron chi connectivity index (χ1n) is 27.7. The third kappa shape index (κ3) is 32.9. The van der Waals surface area contributed by atoms with Crippen molar-refractivity contribution in [2.24, 2.45) is 5.41 Å². The minimum Gasteiger partial charge on any atom is -0.465 e. The number of aliphatic hydroxyl groups excluding tert-OH is 3. The molecular weight excluding hydrogens is 1210 g/mol. The molecule has 0 aliphatic heterocycles. The van der Waals surface area contributed by atoms with Crippen LogP contribution in [-0.4, -0.2) is 116 Å². The Morgan fingerprint density at radius 1 is 0.467 bits per heavy atom. The van der Waals surface area contributed by atoms with Gasteiger partial charge in [0, 0.05) is 17.8 Å². The van der Waals surface area contributed by atoms with Crippen molar-refractivity contribution in [2.75, 3.05) is 33.0 Å². The standard InChI is InChI=1S/C22H36F3NO4Si.C21H30F3NO5.C18H24F3NO3.4CH4/c1-20(2,3)30-19(28)26-18(14-29-31(7,8)21(4,5)6)17(13-27)15-9-11-16(12-10-15)22(23,24)25;1-19(2,3)17(27)29-12-15(13-7-9-14(10-8-13)21(22,23)24)16(11-26)25-18(28)30-20(4,5)6;1-5-6-14(12-7-9-13(10-8-12)18(19,20)21)15(11-23)22-16(24)25-17(2,3)4;;;;/h9-12,17-18,27H,13-14H2,1-8H3,(H,26,28);7-10,15-16,26H,11-12H2,1-6H3,(H,25,28);5-10,14-15,23H,11H2,1-4H3,(H,22,24);4*1H4/b;;6-5+;;;;/t17-,18+;15-,16+;14-,15+;;;;/m000..../s1. The molecule has 0 fully saturated rings. The second-order valence-corrected chi connectivity index (χ2v) is 30.7. The van der Waals surface area contributed by atoms with Crippen molar-refractivity contribution in [1.29, 1.82) is 0 Å². The number of ether oxygens (including phenoxy) is 4. The van der Waals surface area contributed by atoms with E-state index in [9.17, 15) is 74.0 Å². The fourth-order valence-corrected chi connectivity index (χ4v) is 8.41. The summed E-state index contributed by atoms with van der Waals surface area (Å²) >= 11 is 0. The van der Waals surface area contributed by atoms with Crippen LogP contribution in [-0.2, 0) is 46.7 Å². The molecule has 0 bridgehead atoms. The molecule has 25 heteroatoms. The molecule has 0 radical (unpaired) electrons. The number of amides is 3. The molecule has 90 heavy (non-hydrogen) atoms. The van der Waals surface area contributed by atoms with Crippen LogP contribution >= 0.6 is 0 Å². The summed E-state index contributed by atoms with van der Waals surface area (Å²) in [5.74, 6) is -2.48. The van der Waals surface area contributed by atoms with Crippen LogP contribution in [0.4, 0.5) is 53.9 Å². The Morgan fingerprint density at radius 3 is 1.06 bits per heavy atom. The number of hydrogen-bond acceptors (Lipinski definition) is 12. The molecule has 3 aromatic rings. The van der Waals surface area contributed by atoms with Crippen molar-refractivity contribution in [3.63, 3.8) is 0 Å². The van der Waals surface area contributed by atoms with E-state index in [1.54, 1.807) is 102 Å². The van der Waals surface area contributed by atoms with Crippen LogP contribution in [0.5, 0.6) is 0 Å². The van der Waals surface area contributed by atoms with Crippen LogP contribution in [0.3, 0.4) is 0 Å². The predicted octanol–water partition coefficient (Wildman–Crippen LogP) is 16.8. The number of carbonyl (C=O) groups excluding carboxylic acids is 4. The van der Waals surface area contributed by atoms with Gasteiger partial charge in [-0.15, -0.1) is 0 Å². The third-order valence-electron chi connectivity index (χ3n) is 12.9.